The van der Waals surface area contributed by atoms with Gasteiger partial charge in [0.15, 0.2) is 0 Å². The molecule has 142 valence electrons. The number of nitrogens with zero attached hydrogens (tertiary/aromatic N) is 2. The minimum atomic E-state index is -0.520. The molecule has 3 rings (SSSR count). The summed E-state index contributed by atoms with van der Waals surface area (Å²) in [4.78, 5) is 24.8. The molecule has 1 atom stereocenters. The highest BCUT2D eigenvalue weighted by Gasteiger charge is 2.26. The van der Waals surface area contributed by atoms with E-state index < -0.39 is 4.92 Å². The number of carbonyl (C=O) groups is 1. The smallest absolute Gasteiger partial charge is 0.270 e. The molecule has 1 amide bonds. The lowest BCUT2D eigenvalue weighted by molar-refractivity contribution is -0.384. The Morgan fingerprint density at radius 2 is 2.04 bits per heavy atom. The highest BCUT2D eigenvalue weighted by Crippen LogP contribution is 2.32. The highest BCUT2D eigenvalue weighted by molar-refractivity contribution is 6.42. The Balaban J connectivity index is 1.92. The molecule has 1 unspecified atom stereocenters. The monoisotopic (exact) mass is 409 g/mol. The Hall–Kier alpha value is -2.35. The van der Waals surface area contributed by atoms with Gasteiger partial charge in [-0.05, 0) is 23.8 Å². The maximum Gasteiger partial charge on any atom is 0.270 e. The second-order valence-corrected chi connectivity index (χ2v) is 6.83. The van der Waals surface area contributed by atoms with Crippen LogP contribution in [0.3, 0.4) is 0 Å². The van der Waals surface area contributed by atoms with Gasteiger partial charge in [-0.1, -0.05) is 29.3 Å². The van der Waals surface area contributed by atoms with Crippen LogP contribution in [0.5, 0.6) is 0 Å². The summed E-state index contributed by atoms with van der Waals surface area (Å²) in [5.41, 5.74) is 1.61. The van der Waals surface area contributed by atoms with Gasteiger partial charge in [-0.15, -0.1) is 0 Å². The Bertz CT molecular complexity index is 891. The van der Waals surface area contributed by atoms with E-state index in [0.29, 0.717) is 35.4 Å². The summed E-state index contributed by atoms with van der Waals surface area (Å²) in [5.74, 6) is -0.383. The van der Waals surface area contributed by atoms with Crippen LogP contribution in [0.25, 0.3) is 0 Å². The third-order valence-electron chi connectivity index (χ3n) is 4.39. The summed E-state index contributed by atoms with van der Waals surface area (Å²) in [5, 5.41) is 14.5. The molecule has 0 aromatic heterocycles. The molecule has 1 aliphatic rings. The fraction of sp³-hybridized carbons (Fsp3) is 0.278. The summed E-state index contributed by atoms with van der Waals surface area (Å²) < 4.78 is 5.85. The number of non-ortho nitro benzene ring substituents is 1. The topological polar surface area (TPSA) is 84.7 Å². The minimum Gasteiger partial charge on any atom is -0.370 e. The zero-order chi connectivity index (χ0) is 19.6. The normalized spacial score (nSPS) is 16.9. The van der Waals surface area contributed by atoms with Crippen LogP contribution in [0.2, 0.25) is 10.0 Å². The van der Waals surface area contributed by atoms with Crippen molar-refractivity contribution in [3.63, 3.8) is 0 Å². The van der Waals surface area contributed by atoms with Gasteiger partial charge in [-0.2, -0.15) is 0 Å². The van der Waals surface area contributed by atoms with Crippen molar-refractivity contribution in [2.75, 3.05) is 31.6 Å². The fourth-order valence-corrected chi connectivity index (χ4v) is 3.32. The average molecular weight is 410 g/mol. The zero-order valence-corrected chi connectivity index (χ0v) is 16.0. The number of hydrogen-bond donors (Lipinski definition) is 1. The SMILES string of the molecule is CNC(=O)c1cc([N+](=O)[O-])ccc1N1CCOC(c2ccc(Cl)c(Cl)c2)C1. The van der Waals surface area contributed by atoms with Gasteiger partial charge in [0.05, 0.1) is 32.8 Å². The summed E-state index contributed by atoms with van der Waals surface area (Å²) in [7, 11) is 1.49. The quantitative estimate of drug-likeness (QED) is 0.612. The van der Waals surface area contributed by atoms with Crippen LogP contribution in [-0.4, -0.2) is 37.6 Å². The van der Waals surface area contributed by atoms with Gasteiger partial charge in [0.2, 0.25) is 0 Å². The second kappa shape index (κ2) is 8.12. The lowest BCUT2D eigenvalue weighted by Crippen LogP contribution is -2.39. The van der Waals surface area contributed by atoms with E-state index in [4.69, 9.17) is 27.9 Å². The van der Waals surface area contributed by atoms with Crippen LogP contribution < -0.4 is 10.2 Å². The zero-order valence-electron chi connectivity index (χ0n) is 14.4. The van der Waals surface area contributed by atoms with E-state index in [0.717, 1.165) is 5.56 Å². The van der Waals surface area contributed by atoms with E-state index in [1.54, 1.807) is 18.2 Å². The molecule has 1 N–H and O–H groups in total. The Morgan fingerprint density at radius 1 is 1.26 bits per heavy atom. The van der Waals surface area contributed by atoms with Crippen LogP contribution in [0.1, 0.15) is 22.0 Å². The first-order valence-corrected chi connectivity index (χ1v) is 8.98. The number of rotatable bonds is 4. The first-order chi connectivity index (χ1) is 12.9. The molecule has 9 heteroatoms. The number of nitro groups is 1. The fourth-order valence-electron chi connectivity index (χ4n) is 3.01. The molecule has 2 aromatic rings. The van der Waals surface area contributed by atoms with Gasteiger partial charge >= 0.3 is 0 Å². The van der Waals surface area contributed by atoms with Crippen LogP contribution in [0.4, 0.5) is 11.4 Å². The predicted molar refractivity (Wildman–Crippen MR) is 104 cm³/mol. The van der Waals surface area contributed by atoms with E-state index in [-0.39, 0.29) is 23.3 Å². The molecule has 0 spiro atoms. The molecular weight excluding hydrogens is 393 g/mol. The van der Waals surface area contributed by atoms with Gasteiger partial charge in [-0.25, -0.2) is 0 Å². The van der Waals surface area contributed by atoms with Crippen LogP contribution in [-0.2, 0) is 4.74 Å². The van der Waals surface area contributed by atoms with E-state index >= 15 is 0 Å². The summed E-state index contributed by atoms with van der Waals surface area (Å²) in [6.07, 6.45) is -0.263. The molecule has 1 aliphatic heterocycles. The standard InChI is InChI=1S/C18H17Cl2N3O4/c1-21-18(24)13-9-12(23(25)26)3-5-16(13)22-6-7-27-17(10-22)11-2-4-14(19)15(20)8-11/h2-5,8-9,17H,6-7,10H2,1H3,(H,21,24). The molecular formula is C18H17Cl2N3O4. The Kier molecular flexibility index (Phi) is 5.84. The van der Waals surface area contributed by atoms with Crippen LogP contribution >= 0.6 is 23.2 Å². The number of halogens is 2. The largest absolute Gasteiger partial charge is 0.370 e. The van der Waals surface area contributed by atoms with Gasteiger partial charge in [0, 0.05) is 32.3 Å². The molecule has 0 bridgehead atoms. The summed E-state index contributed by atoms with van der Waals surface area (Å²) in [6.45, 7) is 1.47. The first kappa shape index (κ1) is 19.4. The summed E-state index contributed by atoms with van der Waals surface area (Å²) >= 11 is 12.1. The lowest BCUT2D eigenvalue weighted by atomic mass is 10.1. The number of ether oxygens (including phenoxy) is 1. The third kappa shape index (κ3) is 4.16. The Morgan fingerprint density at radius 3 is 2.70 bits per heavy atom. The van der Waals surface area contributed by atoms with Crippen molar-refractivity contribution in [1.29, 1.82) is 0 Å². The first-order valence-electron chi connectivity index (χ1n) is 8.22. The maximum absolute atomic E-state index is 12.3. The Labute approximate surface area is 166 Å². The average Bonchev–Trinajstić information content (AvgIpc) is 2.69. The lowest BCUT2D eigenvalue weighted by Gasteiger charge is -2.35. The van der Waals surface area contributed by atoms with Crippen molar-refractivity contribution in [2.24, 2.45) is 0 Å². The molecule has 2 aromatic carbocycles. The molecule has 0 aliphatic carbocycles. The number of benzene rings is 2. The molecule has 0 saturated carbocycles. The molecule has 1 fully saturated rings. The van der Waals surface area contributed by atoms with Crippen molar-refractivity contribution in [3.8, 4) is 0 Å². The molecule has 0 radical (unpaired) electrons. The number of hydrogen-bond acceptors (Lipinski definition) is 5. The van der Waals surface area contributed by atoms with Gasteiger partial charge in [0.1, 0.15) is 6.10 Å². The number of carbonyl (C=O) groups excluding carboxylic acids is 1. The van der Waals surface area contributed by atoms with E-state index in [1.165, 1.54) is 19.2 Å². The molecule has 7 nitrogen and oxygen atoms in total. The molecule has 1 heterocycles. The van der Waals surface area contributed by atoms with E-state index in [1.807, 2.05) is 11.0 Å². The van der Waals surface area contributed by atoms with Crippen molar-refractivity contribution in [1.82, 2.24) is 5.32 Å². The third-order valence-corrected chi connectivity index (χ3v) is 5.12. The summed E-state index contributed by atoms with van der Waals surface area (Å²) in [6, 6.07) is 9.60. The van der Waals surface area contributed by atoms with Crippen LogP contribution in [0, 0.1) is 10.1 Å². The molecule has 27 heavy (non-hydrogen) atoms. The maximum atomic E-state index is 12.3. The minimum absolute atomic E-state index is 0.133. The number of amides is 1. The van der Waals surface area contributed by atoms with E-state index in [9.17, 15) is 14.9 Å². The van der Waals surface area contributed by atoms with Gasteiger partial charge < -0.3 is 15.0 Å². The van der Waals surface area contributed by atoms with Crippen molar-refractivity contribution in [2.45, 2.75) is 6.10 Å². The number of nitro benzene ring substituents is 1. The van der Waals surface area contributed by atoms with Crippen molar-refractivity contribution in [3.05, 3.63) is 67.7 Å². The van der Waals surface area contributed by atoms with Gasteiger partial charge in [0.25, 0.3) is 11.6 Å². The molecule has 1 saturated heterocycles. The number of anilines is 1. The number of morpholine rings is 1. The van der Waals surface area contributed by atoms with Crippen molar-refractivity contribution < 1.29 is 14.5 Å². The van der Waals surface area contributed by atoms with E-state index in [2.05, 4.69) is 5.32 Å². The predicted octanol–water partition coefficient (Wildman–Crippen LogP) is 3.84. The van der Waals surface area contributed by atoms with Gasteiger partial charge in [-0.3, -0.25) is 14.9 Å². The van der Waals surface area contributed by atoms with Crippen molar-refractivity contribution >= 4 is 40.5 Å². The number of nitrogens with one attached hydrogen (secondary N) is 1. The highest BCUT2D eigenvalue weighted by atomic mass is 35.5. The second-order valence-electron chi connectivity index (χ2n) is 6.02. The van der Waals surface area contributed by atoms with Crippen LogP contribution in [0.15, 0.2) is 36.4 Å².